The molecule has 0 amide bonds. The monoisotopic (exact) mass is 193 g/mol. The highest BCUT2D eigenvalue weighted by molar-refractivity contribution is 7.88. The van der Waals surface area contributed by atoms with Gasteiger partial charge in [0.05, 0.1) is 6.26 Å². The molecular weight excluding hydrogens is 178 g/mol. The quantitative estimate of drug-likeness (QED) is 0.672. The lowest BCUT2D eigenvalue weighted by Crippen LogP contribution is -2.50. The van der Waals surface area contributed by atoms with Gasteiger partial charge in [0.1, 0.15) is 0 Å². The molecule has 0 aromatic heterocycles. The molecule has 1 N–H and O–H groups in total. The fraction of sp³-hybridized carbons (Fsp3) is 1.00. The number of hydrogen-bond donors (Lipinski definition) is 1. The van der Waals surface area contributed by atoms with Gasteiger partial charge in [-0.05, 0) is 19.3 Å². The zero-order valence-electron chi connectivity index (χ0n) is 7.23. The number of rotatable bonds is 4. The molecular formula is C7H15NO3S. The van der Waals surface area contributed by atoms with Gasteiger partial charge < -0.3 is 5.11 Å². The van der Waals surface area contributed by atoms with Crippen LogP contribution in [-0.4, -0.2) is 43.3 Å². The molecule has 0 bridgehead atoms. The number of aliphatic hydroxyl groups is 1. The summed E-state index contributed by atoms with van der Waals surface area (Å²) in [5.74, 6) is 0. The summed E-state index contributed by atoms with van der Waals surface area (Å²) in [6.07, 6.45) is 3.64. The van der Waals surface area contributed by atoms with Crippen LogP contribution in [0.1, 0.15) is 19.3 Å². The van der Waals surface area contributed by atoms with Gasteiger partial charge in [0.2, 0.25) is 10.0 Å². The first-order valence-electron chi connectivity index (χ1n) is 4.13. The average molecular weight is 193 g/mol. The van der Waals surface area contributed by atoms with Gasteiger partial charge in [-0.3, -0.25) is 0 Å². The van der Waals surface area contributed by atoms with Crippen molar-refractivity contribution >= 4 is 10.0 Å². The van der Waals surface area contributed by atoms with Crippen LogP contribution in [0.2, 0.25) is 0 Å². The fourth-order valence-electron chi connectivity index (χ4n) is 1.47. The normalized spacial score (nSPS) is 25.3. The van der Waals surface area contributed by atoms with E-state index < -0.39 is 10.0 Å². The second-order valence-corrected chi connectivity index (χ2v) is 5.12. The molecule has 1 unspecified atom stereocenters. The molecule has 0 spiro atoms. The van der Waals surface area contributed by atoms with Crippen molar-refractivity contribution in [1.29, 1.82) is 0 Å². The Balaban J connectivity index is 2.39. The van der Waals surface area contributed by atoms with Crippen molar-refractivity contribution in [2.45, 2.75) is 25.3 Å². The highest BCUT2D eigenvalue weighted by Gasteiger charge is 2.33. The highest BCUT2D eigenvalue weighted by atomic mass is 32.2. The summed E-state index contributed by atoms with van der Waals surface area (Å²) < 4.78 is 23.6. The van der Waals surface area contributed by atoms with Gasteiger partial charge in [0, 0.05) is 19.2 Å². The fourth-order valence-corrected chi connectivity index (χ4v) is 2.66. The van der Waals surface area contributed by atoms with E-state index in [1.807, 2.05) is 0 Å². The van der Waals surface area contributed by atoms with Gasteiger partial charge in [-0.25, -0.2) is 8.42 Å². The lowest BCUT2D eigenvalue weighted by Gasteiger charge is -2.38. The van der Waals surface area contributed by atoms with Crippen molar-refractivity contribution in [2.75, 3.05) is 19.4 Å². The van der Waals surface area contributed by atoms with E-state index >= 15 is 0 Å². The lowest BCUT2D eigenvalue weighted by atomic mass is 10.0. The summed E-state index contributed by atoms with van der Waals surface area (Å²) in [5, 5.41) is 8.56. The zero-order chi connectivity index (χ0) is 9.19. The van der Waals surface area contributed by atoms with E-state index in [0.717, 1.165) is 12.8 Å². The average Bonchev–Trinajstić information content (AvgIpc) is 1.82. The third-order valence-electron chi connectivity index (χ3n) is 2.21. The SMILES string of the molecule is CS(=O)(=O)N1CCC1CCCO. The first-order chi connectivity index (χ1) is 5.55. The van der Waals surface area contributed by atoms with Gasteiger partial charge in [-0.2, -0.15) is 4.31 Å². The summed E-state index contributed by atoms with van der Waals surface area (Å²) in [5.41, 5.74) is 0. The highest BCUT2D eigenvalue weighted by Crippen LogP contribution is 2.24. The maximum atomic E-state index is 11.1. The van der Waals surface area contributed by atoms with Gasteiger partial charge in [-0.15, -0.1) is 0 Å². The van der Waals surface area contributed by atoms with E-state index in [1.54, 1.807) is 0 Å². The molecule has 4 nitrogen and oxygen atoms in total. The van der Waals surface area contributed by atoms with E-state index in [1.165, 1.54) is 10.6 Å². The minimum Gasteiger partial charge on any atom is -0.396 e. The first-order valence-corrected chi connectivity index (χ1v) is 5.98. The number of hydrogen-bond acceptors (Lipinski definition) is 3. The van der Waals surface area contributed by atoms with Crippen LogP contribution < -0.4 is 0 Å². The maximum absolute atomic E-state index is 11.1. The molecule has 1 atom stereocenters. The van der Waals surface area contributed by atoms with Gasteiger partial charge in [-0.1, -0.05) is 0 Å². The van der Waals surface area contributed by atoms with Crippen LogP contribution >= 0.6 is 0 Å². The van der Waals surface area contributed by atoms with Crippen molar-refractivity contribution in [2.24, 2.45) is 0 Å². The molecule has 1 heterocycles. The smallest absolute Gasteiger partial charge is 0.211 e. The van der Waals surface area contributed by atoms with Crippen LogP contribution in [0.25, 0.3) is 0 Å². The Morgan fingerprint density at radius 3 is 2.58 bits per heavy atom. The van der Waals surface area contributed by atoms with Crippen LogP contribution in [0.4, 0.5) is 0 Å². The molecule has 12 heavy (non-hydrogen) atoms. The van der Waals surface area contributed by atoms with Crippen LogP contribution in [-0.2, 0) is 10.0 Å². The third kappa shape index (κ3) is 2.18. The van der Waals surface area contributed by atoms with Gasteiger partial charge in [0.15, 0.2) is 0 Å². The standard InChI is InChI=1S/C7H15NO3S/c1-12(10,11)8-5-4-7(8)3-2-6-9/h7,9H,2-6H2,1H3. The Morgan fingerprint density at radius 1 is 1.58 bits per heavy atom. The topological polar surface area (TPSA) is 57.6 Å². The molecule has 1 rings (SSSR count). The molecule has 0 radical (unpaired) electrons. The van der Waals surface area contributed by atoms with Crippen LogP contribution in [0.3, 0.4) is 0 Å². The second kappa shape index (κ2) is 3.72. The third-order valence-corrected chi connectivity index (χ3v) is 3.54. The molecule has 1 saturated heterocycles. The van der Waals surface area contributed by atoms with E-state index in [4.69, 9.17) is 5.11 Å². The first kappa shape index (κ1) is 9.95. The largest absolute Gasteiger partial charge is 0.396 e. The van der Waals surface area contributed by atoms with Crippen molar-refractivity contribution in [3.8, 4) is 0 Å². The van der Waals surface area contributed by atoms with Crippen molar-refractivity contribution in [1.82, 2.24) is 4.31 Å². The van der Waals surface area contributed by atoms with E-state index in [-0.39, 0.29) is 12.6 Å². The Bertz CT molecular complexity index is 237. The van der Waals surface area contributed by atoms with Gasteiger partial charge in [0.25, 0.3) is 0 Å². The van der Waals surface area contributed by atoms with Gasteiger partial charge >= 0.3 is 0 Å². The van der Waals surface area contributed by atoms with Crippen LogP contribution in [0.15, 0.2) is 0 Å². The predicted molar refractivity (Wildman–Crippen MR) is 46.3 cm³/mol. The van der Waals surface area contributed by atoms with Crippen LogP contribution in [0, 0.1) is 0 Å². The molecule has 0 aromatic rings. The van der Waals surface area contributed by atoms with Crippen LogP contribution in [0.5, 0.6) is 0 Å². The van der Waals surface area contributed by atoms with Crippen molar-refractivity contribution in [3.63, 3.8) is 0 Å². The molecule has 0 aliphatic carbocycles. The van der Waals surface area contributed by atoms with E-state index in [0.29, 0.717) is 13.0 Å². The van der Waals surface area contributed by atoms with E-state index in [9.17, 15) is 8.42 Å². The minimum absolute atomic E-state index is 0.146. The Labute approximate surface area is 73.2 Å². The van der Waals surface area contributed by atoms with Crippen molar-refractivity contribution < 1.29 is 13.5 Å². The minimum atomic E-state index is -2.99. The summed E-state index contributed by atoms with van der Waals surface area (Å²) in [6.45, 7) is 0.795. The number of sulfonamides is 1. The summed E-state index contributed by atoms with van der Waals surface area (Å²) in [4.78, 5) is 0. The Kier molecular flexibility index (Phi) is 3.09. The molecule has 72 valence electrons. The molecule has 1 fully saturated rings. The predicted octanol–water partition coefficient (Wildman–Crippen LogP) is -0.207. The maximum Gasteiger partial charge on any atom is 0.211 e. The summed E-state index contributed by atoms with van der Waals surface area (Å²) in [6, 6.07) is 0.146. The Morgan fingerprint density at radius 2 is 2.25 bits per heavy atom. The molecule has 1 aliphatic rings. The Hall–Kier alpha value is -0.130. The summed E-state index contributed by atoms with van der Waals surface area (Å²) >= 11 is 0. The molecule has 1 aliphatic heterocycles. The number of aliphatic hydroxyl groups excluding tert-OH is 1. The number of nitrogens with zero attached hydrogens (tertiary/aromatic N) is 1. The zero-order valence-corrected chi connectivity index (χ0v) is 8.05. The van der Waals surface area contributed by atoms with E-state index in [2.05, 4.69) is 0 Å². The molecule has 0 aromatic carbocycles. The lowest BCUT2D eigenvalue weighted by molar-refractivity contribution is 0.172. The van der Waals surface area contributed by atoms with Crippen molar-refractivity contribution in [3.05, 3.63) is 0 Å². The summed E-state index contributed by atoms with van der Waals surface area (Å²) in [7, 11) is -2.99. The molecule has 5 heteroatoms. The second-order valence-electron chi connectivity index (χ2n) is 3.18. The molecule has 0 saturated carbocycles.